The van der Waals surface area contributed by atoms with E-state index in [4.69, 9.17) is 11.6 Å². The molecule has 0 saturated carbocycles. The number of anilines is 1. The second-order valence-corrected chi connectivity index (χ2v) is 7.19. The van der Waals surface area contributed by atoms with Crippen molar-refractivity contribution in [3.8, 4) is 0 Å². The van der Waals surface area contributed by atoms with E-state index >= 15 is 0 Å². The average molecular weight is 346 g/mol. The van der Waals surface area contributed by atoms with Crippen LogP contribution in [0.3, 0.4) is 0 Å². The van der Waals surface area contributed by atoms with Gasteiger partial charge in [-0.05, 0) is 24.1 Å². The van der Waals surface area contributed by atoms with Crippen molar-refractivity contribution in [3.05, 3.63) is 57.2 Å². The van der Waals surface area contributed by atoms with Crippen LogP contribution in [0.1, 0.15) is 32.0 Å². The molecule has 0 spiro atoms. The van der Waals surface area contributed by atoms with Crippen LogP contribution >= 0.6 is 11.6 Å². The lowest BCUT2D eigenvalue weighted by Gasteiger charge is -2.19. The van der Waals surface area contributed by atoms with E-state index in [-0.39, 0.29) is 11.1 Å². The van der Waals surface area contributed by atoms with Crippen LogP contribution in [-0.2, 0) is 11.8 Å². The quantitative estimate of drug-likeness (QED) is 0.762. The molecule has 0 aliphatic rings. The molecule has 0 saturated heterocycles. The number of aromatic amines is 1. The van der Waals surface area contributed by atoms with Crippen LogP contribution in [0.4, 0.5) is 5.82 Å². The van der Waals surface area contributed by atoms with E-state index in [1.54, 1.807) is 6.20 Å². The van der Waals surface area contributed by atoms with Gasteiger partial charge in [0.2, 0.25) is 5.65 Å². The summed E-state index contributed by atoms with van der Waals surface area (Å²) in [7, 11) is 0. The van der Waals surface area contributed by atoms with E-state index < -0.39 is 0 Å². The summed E-state index contributed by atoms with van der Waals surface area (Å²) in [5, 5.41) is 10.6. The normalized spacial score (nSPS) is 11.8. The van der Waals surface area contributed by atoms with Gasteiger partial charge in [0.25, 0.3) is 0 Å². The van der Waals surface area contributed by atoms with E-state index in [9.17, 15) is 4.79 Å². The van der Waals surface area contributed by atoms with Crippen LogP contribution in [0.2, 0.25) is 5.02 Å². The van der Waals surface area contributed by atoms with Crippen molar-refractivity contribution in [2.45, 2.75) is 32.6 Å². The Kier molecular flexibility index (Phi) is 4.32. The maximum absolute atomic E-state index is 11.9. The average Bonchev–Trinajstić information content (AvgIpc) is 2.90. The lowest BCUT2D eigenvalue weighted by Crippen LogP contribution is -2.20. The molecule has 24 heavy (non-hydrogen) atoms. The van der Waals surface area contributed by atoms with Gasteiger partial charge >= 0.3 is 5.69 Å². The Morgan fingerprint density at radius 3 is 2.62 bits per heavy atom. The maximum Gasteiger partial charge on any atom is 0.347 e. The molecule has 3 rings (SSSR count). The molecule has 2 aromatic heterocycles. The molecule has 6 nitrogen and oxygen atoms in total. The second-order valence-electron chi connectivity index (χ2n) is 6.75. The zero-order valence-electron chi connectivity index (χ0n) is 13.9. The van der Waals surface area contributed by atoms with Crippen molar-refractivity contribution < 1.29 is 0 Å². The molecular weight excluding hydrogens is 326 g/mol. The Morgan fingerprint density at radius 1 is 1.25 bits per heavy atom. The summed E-state index contributed by atoms with van der Waals surface area (Å²) in [5.74, 6) is 0.606. The molecule has 0 unspecified atom stereocenters. The van der Waals surface area contributed by atoms with Crippen LogP contribution in [0.5, 0.6) is 0 Å². The third kappa shape index (κ3) is 3.43. The fourth-order valence-electron chi connectivity index (χ4n) is 2.37. The van der Waals surface area contributed by atoms with Gasteiger partial charge in [-0.1, -0.05) is 44.5 Å². The van der Waals surface area contributed by atoms with Gasteiger partial charge in [-0.3, -0.25) is 0 Å². The second kappa shape index (κ2) is 6.28. The van der Waals surface area contributed by atoms with Gasteiger partial charge in [0, 0.05) is 23.2 Å². The smallest absolute Gasteiger partial charge is 0.347 e. The molecule has 0 aliphatic carbocycles. The van der Waals surface area contributed by atoms with E-state index in [1.807, 2.05) is 24.3 Å². The lowest BCUT2D eigenvalue weighted by molar-refractivity contribution is 0.565. The highest BCUT2D eigenvalue weighted by Crippen LogP contribution is 2.22. The lowest BCUT2D eigenvalue weighted by atomic mass is 9.93. The molecule has 126 valence electrons. The molecule has 2 heterocycles. The number of rotatable bonds is 4. The summed E-state index contributed by atoms with van der Waals surface area (Å²) in [5.41, 5.74) is 2.07. The first kappa shape index (κ1) is 16.5. The Hall–Kier alpha value is -2.34. The van der Waals surface area contributed by atoms with Crippen molar-refractivity contribution in [1.29, 1.82) is 0 Å². The molecule has 0 bridgehead atoms. The molecule has 0 atom stereocenters. The van der Waals surface area contributed by atoms with Gasteiger partial charge in [0.15, 0.2) is 5.82 Å². The van der Waals surface area contributed by atoms with E-state index in [0.29, 0.717) is 18.0 Å². The topological polar surface area (TPSA) is 75.1 Å². The van der Waals surface area contributed by atoms with E-state index in [0.717, 1.165) is 17.1 Å². The molecule has 0 aliphatic heterocycles. The summed E-state index contributed by atoms with van der Waals surface area (Å²) in [6.45, 7) is 6.86. The zero-order valence-corrected chi connectivity index (χ0v) is 14.7. The standard InChI is InChI=1S/C17H20ClN5O/c1-17(2,3)13-10-23-15(21-22-16(23)24)14(20-13)19-9-8-11-4-6-12(18)7-5-11/h4-7,10H,8-9H2,1-3H3,(H,19,20)(H,22,24). The van der Waals surface area contributed by atoms with Gasteiger partial charge in [-0.2, -0.15) is 0 Å². The van der Waals surface area contributed by atoms with Crippen LogP contribution in [-0.4, -0.2) is 26.1 Å². The molecule has 0 amide bonds. The number of aromatic nitrogens is 4. The number of hydrogen-bond donors (Lipinski definition) is 2. The third-order valence-electron chi connectivity index (χ3n) is 3.79. The number of fused-ring (bicyclic) bond motifs is 1. The Balaban J connectivity index is 1.85. The number of H-pyrrole nitrogens is 1. The SMILES string of the molecule is CC(C)(C)c1cn2c(=O)[nH]nc2c(NCCc2ccc(Cl)cc2)n1. The molecule has 2 N–H and O–H groups in total. The van der Waals surface area contributed by atoms with Gasteiger partial charge < -0.3 is 5.32 Å². The van der Waals surface area contributed by atoms with E-state index in [2.05, 4.69) is 41.3 Å². The first-order valence-corrected chi connectivity index (χ1v) is 8.19. The van der Waals surface area contributed by atoms with Gasteiger partial charge in [-0.25, -0.2) is 19.3 Å². The van der Waals surface area contributed by atoms with Crippen molar-refractivity contribution in [2.24, 2.45) is 0 Å². The molecule has 3 aromatic rings. The molecule has 0 radical (unpaired) electrons. The van der Waals surface area contributed by atoms with Gasteiger partial charge in [-0.15, -0.1) is 5.10 Å². The summed E-state index contributed by atoms with van der Waals surface area (Å²) < 4.78 is 1.50. The van der Waals surface area contributed by atoms with Crippen LogP contribution in [0.15, 0.2) is 35.3 Å². The molecule has 0 fully saturated rings. The number of nitrogens with one attached hydrogen (secondary N) is 2. The Bertz CT molecular complexity index is 905. The Labute approximate surface area is 144 Å². The monoisotopic (exact) mass is 345 g/mol. The number of halogens is 1. The summed E-state index contributed by atoms with van der Waals surface area (Å²) in [6, 6.07) is 7.75. The highest BCUT2D eigenvalue weighted by Gasteiger charge is 2.19. The van der Waals surface area contributed by atoms with Crippen LogP contribution in [0, 0.1) is 0 Å². The van der Waals surface area contributed by atoms with Crippen molar-refractivity contribution in [1.82, 2.24) is 19.6 Å². The molecule has 7 heteroatoms. The van der Waals surface area contributed by atoms with Crippen molar-refractivity contribution >= 4 is 23.1 Å². The van der Waals surface area contributed by atoms with E-state index in [1.165, 1.54) is 9.96 Å². The first-order chi connectivity index (χ1) is 11.3. The third-order valence-corrected chi connectivity index (χ3v) is 4.04. The first-order valence-electron chi connectivity index (χ1n) is 7.81. The highest BCUT2D eigenvalue weighted by molar-refractivity contribution is 6.30. The zero-order chi connectivity index (χ0) is 17.3. The highest BCUT2D eigenvalue weighted by atomic mass is 35.5. The maximum atomic E-state index is 11.9. The molecule has 1 aromatic carbocycles. The van der Waals surface area contributed by atoms with Gasteiger partial charge in [0.05, 0.1) is 5.69 Å². The number of nitrogens with zero attached hydrogens (tertiary/aromatic N) is 3. The number of benzene rings is 1. The van der Waals surface area contributed by atoms with Crippen molar-refractivity contribution in [2.75, 3.05) is 11.9 Å². The van der Waals surface area contributed by atoms with Crippen LogP contribution < -0.4 is 11.0 Å². The minimum absolute atomic E-state index is 0.169. The predicted molar refractivity (Wildman–Crippen MR) is 96.0 cm³/mol. The number of hydrogen-bond acceptors (Lipinski definition) is 4. The summed E-state index contributed by atoms with van der Waals surface area (Å²) in [6.07, 6.45) is 2.56. The fourth-order valence-corrected chi connectivity index (χ4v) is 2.50. The summed E-state index contributed by atoms with van der Waals surface area (Å²) >= 11 is 5.90. The Morgan fingerprint density at radius 2 is 1.96 bits per heavy atom. The predicted octanol–water partition coefficient (Wildman–Crippen LogP) is 3.02. The van der Waals surface area contributed by atoms with Crippen molar-refractivity contribution in [3.63, 3.8) is 0 Å². The summed E-state index contributed by atoms with van der Waals surface area (Å²) in [4.78, 5) is 16.6. The minimum atomic E-state index is -0.265. The fraction of sp³-hybridized carbons (Fsp3) is 0.353. The van der Waals surface area contributed by atoms with Crippen LogP contribution in [0.25, 0.3) is 5.65 Å². The molecular formula is C17H20ClN5O. The largest absolute Gasteiger partial charge is 0.367 e. The van der Waals surface area contributed by atoms with Gasteiger partial charge in [0.1, 0.15) is 0 Å². The minimum Gasteiger partial charge on any atom is -0.367 e.